The fraction of sp³-hybridized carbons (Fsp3) is 0.562. The first-order valence-corrected chi connectivity index (χ1v) is 8.00. The van der Waals surface area contributed by atoms with Gasteiger partial charge in [0.25, 0.3) is 0 Å². The maximum absolute atomic E-state index is 6.05. The Morgan fingerprint density at radius 1 is 1.41 bits per heavy atom. The molecule has 1 aliphatic rings. The number of rotatable bonds is 7. The standard InChI is InChI=1S/C16H24ClN3O.HI/c1-3-18-16(19-8-9-21-4-2)20-15-11-14(15)12-6-5-7-13(17)10-12;/h5-7,10,14-15H,3-4,8-9,11H2,1-2H3,(H2,18,19,20);1H. The Labute approximate surface area is 155 Å². The molecule has 124 valence electrons. The first kappa shape index (κ1) is 19.5. The fourth-order valence-corrected chi connectivity index (χ4v) is 2.52. The molecule has 0 radical (unpaired) electrons. The van der Waals surface area contributed by atoms with E-state index in [1.54, 1.807) is 0 Å². The van der Waals surface area contributed by atoms with Gasteiger partial charge in [-0.15, -0.1) is 24.0 Å². The lowest BCUT2D eigenvalue weighted by Crippen LogP contribution is -2.39. The van der Waals surface area contributed by atoms with Gasteiger partial charge in [0.1, 0.15) is 0 Å². The second kappa shape index (κ2) is 10.3. The van der Waals surface area contributed by atoms with Crippen LogP contribution in [0.25, 0.3) is 0 Å². The van der Waals surface area contributed by atoms with Gasteiger partial charge in [-0.2, -0.15) is 0 Å². The van der Waals surface area contributed by atoms with E-state index in [0.717, 1.165) is 30.6 Å². The summed E-state index contributed by atoms with van der Waals surface area (Å²) >= 11 is 6.05. The molecular formula is C16H25ClIN3O. The van der Waals surface area contributed by atoms with Gasteiger partial charge in [0.05, 0.1) is 13.2 Å². The van der Waals surface area contributed by atoms with Crippen LogP contribution in [0.4, 0.5) is 0 Å². The van der Waals surface area contributed by atoms with Crippen LogP contribution in [0.1, 0.15) is 31.7 Å². The molecule has 2 N–H and O–H groups in total. The second-order valence-corrected chi connectivity index (χ2v) is 5.54. The molecule has 22 heavy (non-hydrogen) atoms. The lowest BCUT2D eigenvalue weighted by molar-refractivity contribution is 0.155. The van der Waals surface area contributed by atoms with Gasteiger partial charge < -0.3 is 15.4 Å². The summed E-state index contributed by atoms with van der Waals surface area (Å²) in [5.74, 6) is 1.39. The van der Waals surface area contributed by atoms with E-state index in [-0.39, 0.29) is 24.0 Å². The maximum atomic E-state index is 6.05. The van der Waals surface area contributed by atoms with Gasteiger partial charge in [-0.1, -0.05) is 23.7 Å². The molecule has 4 nitrogen and oxygen atoms in total. The predicted molar refractivity (Wildman–Crippen MR) is 104 cm³/mol. The van der Waals surface area contributed by atoms with Crippen LogP contribution in [0.15, 0.2) is 29.3 Å². The first-order valence-electron chi connectivity index (χ1n) is 7.62. The summed E-state index contributed by atoms with van der Waals surface area (Å²) in [5.41, 5.74) is 1.30. The number of hydrogen-bond acceptors (Lipinski definition) is 2. The van der Waals surface area contributed by atoms with Crippen LogP contribution in [0.2, 0.25) is 5.02 Å². The van der Waals surface area contributed by atoms with E-state index in [1.165, 1.54) is 5.56 Å². The van der Waals surface area contributed by atoms with E-state index in [0.29, 0.717) is 25.1 Å². The molecule has 6 heteroatoms. The van der Waals surface area contributed by atoms with Crippen molar-refractivity contribution < 1.29 is 4.74 Å². The number of hydrogen-bond donors (Lipinski definition) is 2. The van der Waals surface area contributed by atoms with Crippen molar-refractivity contribution in [3.63, 3.8) is 0 Å². The molecule has 1 fully saturated rings. The van der Waals surface area contributed by atoms with E-state index < -0.39 is 0 Å². The molecule has 0 heterocycles. The third-order valence-corrected chi connectivity index (χ3v) is 3.68. The third-order valence-electron chi connectivity index (χ3n) is 3.44. The van der Waals surface area contributed by atoms with Gasteiger partial charge >= 0.3 is 0 Å². The van der Waals surface area contributed by atoms with E-state index in [9.17, 15) is 0 Å². The highest BCUT2D eigenvalue weighted by atomic mass is 127. The molecule has 1 saturated carbocycles. The van der Waals surface area contributed by atoms with Crippen LogP contribution in [0.5, 0.6) is 0 Å². The van der Waals surface area contributed by atoms with Gasteiger partial charge in [0.2, 0.25) is 0 Å². The number of nitrogens with zero attached hydrogens (tertiary/aromatic N) is 1. The fourth-order valence-electron chi connectivity index (χ4n) is 2.32. The quantitative estimate of drug-likeness (QED) is 0.297. The Morgan fingerprint density at radius 2 is 2.23 bits per heavy atom. The van der Waals surface area contributed by atoms with E-state index in [4.69, 9.17) is 16.3 Å². The van der Waals surface area contributed by atoms with Gasteiger partial charge in [-0.25, -0.2) is 0 Å². The predicted octanol–water partition coefficient (Wildman–Crippen LogP) is 3.41. The largest absolute Gasteiger partial charge is 0.380 e. The summed E-state index contributed by atoms with van der Waals surface area (Å²) < 4.78 is 5.31. The number of ether oxygens (including phenoxy) is 1. The zero-order valence-electron chi connectivity index (χ0n) is 13.1. The summed E-state index contributed by atoms with van der Waals surface area (Å²) in [6.45, 7) is 7.00. The number of halogens is 2. The second-order valence-electron chi connectivity index (χ2n) is 5.11. The summed E-state index contributed by atoms with van der Waals surface area (Å²) in [6.07, 6.45) is 1.12. The van der Waals surface area contributed by atoms with Crippen molar-refractivity contribution in [2.24, 2.45) is 4.99 Å². The van der Waals surface area contributed by atoms with Gasteiger partial charge in [-0.05, 0) is 38.0 Å². The highest BCUT2D eigenvalue weighted by Crippen LogP contribution is 2.41. The molecule has 1 aromatic rings. The molecule has 1 aliphatic carbocycles. The van der Waals surface area contributed by atoms with Crippen LogP contribution < -0.4 is 10.6 Å². The van der Waals surface area contributed by atoms with E-state index in [2.05, 4.69) is 28.6 Å². The Balaban J connectivity index is 0.00000242. The first-order chi connectivity index (χ1) is 10.2. The monoisotopic (exact) mass is 437 g/mol. The SMILES string of the molecule is CCNC(=NCCOCC)NC1CC1c1cccc(Cl)c1.I. The molecule has 1 aromatic carbocycles. The summed E-state index contributed by atoms with van der Waals surface area (Å²) in [5, 5.41) is 7.55. The van der Waals surface area contributed by atoms with Gasteiger partial charge in [0, 0.05) is 30.1 Å². The van der Waals surface area contributed by atoms with Crippen molar-refractivity contribution in [1.29, 1.82) is 0 Å². The summed E-state index contributed by atoms with van der Waals surface area (Å²) in [4.78, 5) is 4.52. The minimum atomic E-state index is 0. The van der Waals surface area contributed by atoms with E-state index in [1.807, 2.05) is 25.1 Å². The van der Waals surface area contributed by atoms with Crippen molar-refractivity contribution in [1.82, 2.24) is 10.6 Å². The van der Waals surface area contributed by atoms with Crippen LogP contribution >= 0.6 is 35.6 Å². The van der Waals surface area contributed by atoms with Crippen molar-refractivity contribution >= 4 is 41.5 Å². The molecule has 2 rings (SSSR count). The minimum absolute atomic E-state index is 0. The number of aliphatic imine (C=N–C) groups is 1. The van der Waals surface area contributed by atoms with Crippen molar-refractivity contribution in [2.75, 3.05) is 26.3 Å². The molecule has 0 aliphatic heterocycles. The number of nitrogens with one attached hydrogen (secondary N) is 2. The van der Waals surface area contributed by atoms with Crippen molar-refractivity contribution in [3.05, 3.63) is 34.9 Å². The zero-order chi connectivity index (χ0) is 15.1. The topological polar surface area (TPSA) is 45.7 Å². The average Bonchev–Trinajstić information content (AvgIpc) is 3.23. The summed E-state index contributed by atoms with van der Waals surface area (Å²) in [7, 11) is 0. The lowest BCUT2D eigenvalue weighted by atomic mass is 10.1. The number of guanidine groups is 1. The normalized spacial score (nSPS) is 20.2. The van der Waals surface area contributed by atoms with Crippen LogP contribution in [0, 0.1) is 0 Å². The molecule has 2 atom stereocenters. The Hall–Kier alpha value is -0.530. The Bertz CT molecular complexity index is 484. The summed E-state index contributed by atoms with van der Waals surface area (Å²) in [6, 6.07) is 8.54. The molecule has 0 aromatic heterocycles. The van der Waals surface area contributed by atoms with E-state index >= 15 is 0 Å². The van der Waals surface area contributed by atoms with Crippen LogP contribution in [0.3, 0.4) is 0 Å². The molecule has 0 saturated heterocycles. The zero-order valence-corrected chi connectivity index (χ0v) is 16.2. The minimum Gasteiger partial charge on any atom is -0.380 e. The third kappa shape index (κ3) is 6.30. The Morgan fingerprint density at radius 3 is 2.91 bits per heavy atom. The van der Waals surface area contributed by atoms with Crippen molar-refractivity contribution in [2.45, 2.75) is 32.2 Å². The van der Waals surface area contributed by atoms with Gasteiger partial charge in [0.15, 0.2) is 5.96 Å². The van der Waals surface area contributed by atoms with Crippen LogP contribution in [-0.4, -0.2) is 38.3 Å². The smallest absolute Gasteiger partial charge is 0.191 e. The molecule has 0 bridgehead atoms. The lowest BCUT2D eigenvalue weighted by Gasteiger charge is -2.11. The molecular weight excluding hydrogens is 413 g/mol. The number of benzene rings is 1. The maximum Gasteiger partial charge on any atom is 0.191 e. The average molecular weight is 438 g/mol. The van der Waals surface area contributed by atoms with Crippen LogP contribution in [-0.2, 0) is 4.74 Å². The van der Waals surface area contributed by atoms with Gasteiger partial charge in [-0.3, -0.25) is 4.99 Å². The molecule has 0 spiro atoms. The Kier molecular flexibility index (Phi) is 9.12. The highest BCUT2D eigenvalue weighted by Gasteiger charge is 2.39. The molecule has 2 unspecified atom stereocenters. The molecule has 0 amide bonds. The highest BCUT2D eigenvalue weighted by molar-refractivity contribution is 14.0. The van der Waals surface area contributed by atoms with Crippen molar-refractivity contribution in [3.8, 4) is 0 Å².